The fourth-order valence-corrected chi connectivity index (χ4v) is 6.05. The summed E-state index contributed by atoms with van der Waals surface area (Å²) in [6.07, 6.45) is 35.4. The van der Waals surface area contributed by atoms with Gasteiger partial charge < -0.3 is 5.32 Å². The van der Waals surface area contributed by atoms with E-state index in [0.29, 0.717) is 0 Å². The van der Waals surface area contributed by atoms with Gasteiger partial charge >= 0.3 is 0 Å². The number of nitrogens with one attached hydrogen (secondary N) is 1. The molecule has 0 atom stereocenters. The van der Waals surface area contributed by atoms with Crippen molar-refractivity contribution in [1.29, 1.82) is 0 Å². The van der Waals surface area contributed by atoms with E-state index in [0.717, 1.165) is 13.1 Å². The minimum Gasteiger partial charge on any atom is -0.372 e. The van der Waals surface area contributed by atoms with Crippen LogP contribution in [0.5, 0.6) is 0 Å². The van der Waals surface area contributed by atoms with Crippen molar-refractivity contribution in [3.63, 3.8) is 0 Å². The molecule has 0 aromatic carbocycles. The first kappa shape index (κ1) is 35.5. The lowest BCUT2D eigenvalue weighted by Gasteiger charge is -2.41. The van der Waals surface area contributed by atoms with Crippen LogP contribution in [0, 0.1) is 0 Å². The van der Waals surface area contributed by atoms with Crippen LogP contribution in [-0.4, -0.2) is 42.5 Å². The van der Waals surface area contributed by atoms with Crippen molar-refractivity contribution in [3.05, 3.63) is 0 Å². The largest absolute Gasteiger partial charge is 0.372 e. The van der Waals surface area contributed by atoms with Gasteiger partial charge in [0.15, 0.2) is 0 Å². The van der Waals surface area contributed by atoms with Crippen molar-refractivity contribution in [3.8, 4) is 0 Å². The summed E-state index contributed by atoms with van der Waals surface area (Å²) in [4.78, 5) is 7.67. The van der Waals surface area contributed by atoms with E-state index in [9.17, 15) is 0 Å². The van der Waals surface area contributed by atoms with Crippen LogP contribution in [0.3, 0.4) is 0 Å². The van der Waals surface area contributed by atoms with E-state index in [-0.39, 0.29) is 5.54 Å². The first-order valence-electron chi connectivity index (χ1n) is 17.7. The highest BCUT2D eigenvalue weighted by molar-refractivity contribution is 5.91. The van der Waals surface area contributed by atoms with E-state index in [1.807, 2.05) is 0 Å². The molecule has 1 heterocycles. The van der Waals surface area contributed by atoms with E-state index >= 15 is 0 Å². The average molecular weight is 534 g/mol. The minimum absolute atomic E-state index is 0.0377. The Bertz CT molecular complexity index is 499. The Hall–Kier alpha value is -0.570. The summed E-state index contributed by atoms with van der Waals surface area (Å²) >= 11 is 0. The molecule has 0 saturated heterocycles. The van der Waals surface area contributed by atoms with Gasteiger partial charge in [0.2, 0.25) is 0 Å². The number of amidine groups is 1. The Labute approximate surface area is 240 Å². The lowest BCUT2D eigenvalue weighted by atomic mass is 9.97. The zero-order valence-electron chi connectivity index (χ0n) is 26.9. The number of hydrogen-bond acceptors (Lipinski definition) is 3. The Morgan fingerprint density at radius 3 is 1.21 bits per heavy atom. The summed E-state index contributed by atoms with van der Waals surface area (Å²) in [5.41, 5.74) is 0.0377. The fourth-order valence-electron chi connectivity index (χ4n) is 6.05. The maximum Gasteiger partial charge on any atom is 0.116 e. The molecular weight excluding hydrogens is 462 g/mol. The Balaban J connectivity index is 2.21. The van der Waals surface area contributed by atoms with Crippen molar-refractivity contribution in [2.75, 3.05) is 26.2 Å². The second kappa shape index (κ2) is 25.4. The average Bonchev–Trinajstić information content (AvgIpc) is 2.93. The molecular formula is C35H71N3. The first-order valence-corrected chi connectivity index (χ1v) is 17.7. The van der Waals surface area contributed by atoms with Gasteiger partial charge in [-0.05, 0) is 46.2 Å². The van der Waals surface area contributed by atoms with Gasteiger partial charge in [-0.2, -0.15) is 0 Å². The van der Waals surface area contributed by atoms with Crippen molar-refractivity contribution < 1.29 is 0 Å². The Kier molecular flexibility index (Phi) is 23.7. The van der Waals surface area contributed by atoms with Crippen LogP contribution >= 0.6 is 0 Å². The predicted octanol–water partition coefficient (Wildman–Crippen LogP) is 10.9. The van der Waals surface area contributed by atoms with Crippen molar-refractivity contribution in [1.82, 2.24) is 10.2 Å². The lowest BCUT2D eigenvalue weighted by molar-refractivity contribution is 0.165. The molecule has 0 unspecified atom stereocenters. The number of unbranched alkanes of at least 4 members (excludes halogenated alkanes) is 22. The van der Waals surface area contributed by atoms with E-state index in [2.05, 4.69) is 37.9 Å². The van der Waals surface area contributed by atoms with Gasteiger partial charge in [-0.25, -0.2) is 0 Å². The van der Waals surface area contributed by atoms with Gasteiger partial charge in [0.05, 0.1) is 5.54 Å². The van der Waals surface area contributed by atoms with Crippen LogP contribution in [0.25, 0.3) is 0 Å². The fraction of sp³-hybridized carbons (Fsp3) is 0.971. The van der Waals surface area contributed by atoms with E-state index in [1.165, 1.54) is 179 Å². The molecule has 0 aromatic rings. The molecule has 0 fully saturated rings. The molecule has 0 radical (unpaired) electrons. The van der Waals surface area contributed by atoms with Gasteiger partial charge in [0.25, 0.3) is 0 Å². The zero-order chi connectivity index (χ0) is 27.6. The molecule has 1 aliphatic rings. The highest BCUT2D eigenvalue weighted by Gasteiger charge is 2.32. The molecule has 0 bridgehead atoms. The highest BCUT2D eigenvalue weighted by atomic mass is 15.2. The zero-order valence-corrected chi connectivity index (χ0v) is 26.9. The highest BCUT2D eigenvalue weighted by Crippen LogP contribution is 2.21. The maximum atomic E-state index is 4.91. The summed E-state index contributed by atoms with van der Waals surface area (Å²) in [6, 6.07) is 0. The lowest BCUT2D eigenvalue weighted by Crippen LogP contribution is -2.56. The third kappa shape index (κ3) is 18.7. The van der Waals surface area contributed by atoms with E-state index < -0.39 is 0 Å². The number of nitrogens with zero attached hydrogens (tertiary/aromatic N) is 2. The second-order valence-corrected chi connectivity index (χ2v) is 12.8. The first-order chi connectivity index (χ1) is 18.6. The second-order valence-electron chi connectivity index (χ2n) is 12.8. The normalized spacial score (nSPS) is 14.2. The van der Waals surface area contributed by atoms with Crippen LogP contribution in [0.2, 0.25) is 0 Å². The molecule has 0 amide bonds. The van der Waals surface area contributed by atoms with E-state index in [4.69, 9.17) is 4.99 Å². The SMILES string of the molecule is CCCCCCCCCCCCCCN(CCCCCCCCCCCCCC)C(C)(C)C1=NCCCN1. The van der Waals surface area contributed by atoms with Gasteiger partial charge in [-0.3, -0.25) is 9.89 Å². The van der Waals surface area contributed by atoms with Crippen molar-refractivity contribution >= 4 is 5.84 Å². The van der Waals surface area contributed by atoms with Crippen LogP contribution in [0.4, 0.5) is 0 Å². The summed E-state index contributed by atoms with van der Waals surface area (Å²) in [5, 5.41) is 3.64. The third-order valence-electron chi connectivity index (χ3n) is 8.83. The smallest absolute Gasteiger partial charge is 0.116 e. The third-order valence-corrected chi connectivity index (χ3v) is 8.83. The summed E-state index contributed by atoms with van der Waals surface area (Å²) in [6.45, 7) is 14.0. The van der Waals surface area contributed by atoms with Gasteiger partial charge in [-0.15, -0.1) is 0 Å². The standard InChI is InChI=1S/C35H71N3/c1-5-7-9-11-13-15-17-19-21-23-25-27-32-38(35(3,4)34-36-30-29-31-37-34)33-28-26-24-22-20-18-16-14-12-10-8-6-2/h5-33H2,1-4H3,(H,36,37). The van der Waals surface area contributed by atoms with Crippen LogP contribution in [0.1, 0.15) is 188 Å². The summed E-state index contributed by atoms with van der Waals surface area (Å²) < 4.78 is 0. The molecule has 1 aliphatic heterocycles. The maximum absolute atomic E-state index is 4.91. The quantitative estimate of drug-likeness (QED) is 0.101. The summed E-state index contributed by atoms with van der Waals surface area (Å²) in [5.74, 6) is 1.24. The molecule has 38 heavy (non-hydrogen) atoms. The van der Waals surface area contributed by atoms with Crippen LogP contribution in [0.15, 0.2) is 4.99 Å². The molecule has 3 nitrogen and oxygen atoms in total. The van der Waals surface area contributed by atoms with Gasteiger partial charge in [-0.1, -0.05) is 155 Å². The van der Waals surface area contributed by atoms with Crippen molar-refractivity contribution in [2.45, 2.75) is 194 Å². The van der Waals surface area contributed by atoms with Crippen LogP contribution in [-0.2, 0) is 0 Å². The Morgan fingerprint density at radius 2 is 0.895 bits per heavy atom. The number of rotatable bonds is 28. The van der Waals surface area contributed by atoms with E-state index in [1.54, 1.807) is 0 Å². The number of hydrogen-bond donors (Lipinski definition) is 1. The molecule has 0 aromatic heterocycles. The topological polar surface area (TPSA) is 27.6 Å². The molecule has 3 heteroatoms. The monoisotopic (exact) mass is 534 g/mol. The molecule has 0 saturated carbocycles. The Morgan fingerprint density at radius 1 is 0.553 bits per heavy atom. The predicted molar refractivity (Wildman–Crippen MR) is 173 cm³/mol. The van der Waals surface area contributed by atoms with Gasteiger partial charge in [0, 0.05) is 13.1 Å². The molecule has 1 N–H and O–H groups in total. The van der Waals surface area contributed by atoms with Gasteiger partial charge in [0.1, 0.15) is 5.84 Å². The van der Waals surface area contributed by atoms with Crippen LogP contribution < -0.4 is 5.32 Å². The molecule has 0 aliphatic carbocycles. The molecule has 1 rings (SSSR count). The van der Waals surface area contributed by atoms with Crippen molar-refractivity contribution in [2.24, 2.45) is 4.99 Å². The molecule has 0 spiro atoms. The number of aliphatic imine (C=N–C) groups is 1. The summed E-state index contributed by atoms with van der Waals surface area (Å²) in [7, 11) is 0. The minimum atomic E-state index is 0.0377. The molecule has 226 valence electrons.